The summed E-state index contributed by atoms with van der Waals surface area (Å²) in [5.74, 6) is -0.282. The van der Waals surface area contributed by atoms with Crippen LogP contribution in [-0.2, 0) is 11.3 Å². The third kappa shape index (κ3) is 5.21. The van der Waals surface area contributed by atoms with Crippen LogP contribution in [0.15, 0.2) is 18.2 Å². The number of hydrogen-bond donors (Lipinski definition) is 2. The average Bonchev–Trinajstić information content (AvgIpc) is 2.41. The van der Waals surface area contributed by atoms with Crippen LogP contribution in [0.25, 0.3) is 0 Å². The normalized spacial score (nSPS) is 10.6. The molecule has 0 aromatic heterocycles. The van der Waals surface area contributed by atoms with Crippen LogP contribution in [0.4, 0.5) is 5.69 Å². The summed E-state index contributed by atoms with van der Waals surface area (Å²) in [7, 11) is 0. The Balaban J connectivity index is 2.84. The minimum absolute atomic E-state index is 0.282. The highest BCUT2D eigenvalue weighted by molar-refractivity contribution is 5.79. The zero-order chi connectivity index (χ0) is 15.0. The molecule has 1 aromatic rings. The minimum atomic E-state index is -0.282. The molecule has 1 aromatic carbocycles. The zero-order valence-electron chi connectivity index (χ0n) is 12.9. The lowest BCUT2D eigenvalue weighted by Gasteiger charge is -2.24. The molecule has 20 heavy (non-hydrogen) atoms. The van der Waals surface area contributed by atoms with Crippen LogP contribution < -0.4 is 16.0 Å². The van der Waals surface area contributed by atoms with Gasteiger partial charge in [-0.1, -0.05) is 26.3 Å². The maximum atomic E-state index is 11.2. The zero-order valence-corrected chi connectivity index (χ0v) is 12.9. The van der Waals surface area contributed by atoms with E-state index in [0.29, 0.717) is 0 Å². The fourth-order valence-corrected chi connectivity index (χ4v) is 2.17. The predicted octanol–water partition coefficient (Wildman–Crippen LogP) is 2.20. The van der Waals surface area contributed by atoms with Gasteiger partial charge in [0.05, 0.1) is 6.54 Å². The van der Waals surface area contributed by atoms with Crippen LogP contribution in [0, 0.1) is 6.92 Å². The number of nitrogens with two attached hydrogens (primary N) is 1. The van der Waals surface area contributed by atoms with Crippen molar-refractivity contribution in [2.75, 3.05) is 24.5 Å². The molecule has 0 spiro atoms. The van der Waals surface area contributed by atoms with Crippen molar-refractivity contribution in [2.45, 2.75) is 40.2 Å². The van der Waals surface area contributed by atoms with E-state index >= 15 is 0 Å². The molecule has 0 atom stereocenters. The standard InChI is InChI=1S/C16H27N3O/c1-4-6-9-19(12-16(17)20)15-8-7-14(11-18-5-2)13(3)10-15/h7-8,10,18H,4-6,9,11-12H2,1-3H3,(H2,17,20). The van der Waals surface area contributed by atoms with Crippen molar-refractivity contribution in [3.05, 3.63) is 29.3 Å². The van der Waals surface area contributed by atoms with Crippen molar-refractivity contribution in [3.8, 4) is 0 Å². The summed E-state index contributed by atoms with van der Waals surface area (Å²) >= 11 is 0. The molecule has 0 unspecified atom stereocenters. The molecule has 112 valence electrons. The van der Waals surface area contributed by atoms with Crippen LogP contribution in [0.5, 0.6) is 0 Å². The van der Waals surface area contributed by atoms with Gasteiger partial charge in [-0.2, -0.15) is 0 Å². The van der Waals surface area contributed by atoms with Crippen molar-refractivity contribution in [3.63, 3.8) is 0 Å². The Morgan fingerprint density at radius 3 is 2.65 bits per heavy atom. The van der Waals surface area contributed by atoms with E-state index in [9.17, 15) is 4.79 Å². The number of primary amides is 1. The number of benzene rings is 1. The van der Waals surface area contributed by atoms with Gasteiger partial charge in [-0.3, -0.25) is 4.79 Å². The van der Waals surface area contributed by atoms with E-state index in [0.717, 1.165) is 38.2 Å². The number of amides is 1. The van der Waals surface area contributed by atoms with Gasteiger partial charge in [-0.25, -0.2) is 0 Å². The number of carbonyl (C=O) groups excluding carboxylic acids is 1. The first-order chi connectivity index (χ1) is 9.58. The minimum Gasteiger partial charge on any atom is -0.368 e. The van der Waals surface area contributed by atoms with Crippen molar-refractivity contribution < 1.29 is 4.79 Å². The van der Waals surface area contributed by atoms with Crippen LogP contribution >= 0.6 is 0 Å². The highest BCUT2D eigenvalue weighted by atomic mass is 16.1. The van der Waals surface area contributed by atoms with E-state index in [2.05, 4.69) is 49.2 Å². The molecule has 0 fully saturated rings. The molecule has 0 saturated carbocycles. The van der Waals surface area contributed by atoms with Gasteiger partial charge in [0, 0.05) is 18.8 Å². The summed E-state index contributed by atoms with van der Waals surface area (Å²) in [5, 5.41) is 3.33. The lowest BCUT2D eigenvalue weighted by Crippen LogP contribution is -2.34. The van der Waals surface area contributed by atoms with E-state index in [1.54, 1.807) is 0 Å². The van der Waals surface area contributed by atoms with Gasteiger partial charge in [-0.15, -0.1) is 0 Å². The molecule has 0 saturated heterocycles. The van der Waals surface area contributed by atoms with E-state index < -0.39 is 0 Å². The molecular formula is C16H27N3O. The largest absolute Gasteiger partial charge is 0.368 e. The fraction of sp³-hybridized carbons (Fsp3) is 0.562. The number of nitrogens with one attached hydrogen (secondary N) is 1. The van der Waals surface area contributed by atoms with Gasteiger partial charge in [-0.05, 0) is 43.1 Å². The molecule has 0 aliphatic carbocycles. The summed E-state index contributed by atoms with van der Waals surface area (Å²) in [6.45, 7) is 9.35. The molecule has 1 rings (SSSR count). The lowest BCUT2D eigenvalue weighted by molar-refractivity contribution is -0.116. The van der Waals surface area contributed by atoms with Crippen LogP contribution in [0.1, 0.15) is 37.8 Å². The topological polar surface area (TPSA) is 58.4 Å². The number of aryl methyl sites for hydroxylation is 1. The molecule has 1 amide bonds. The first kappa shape index (κ1) is 16.5. The van der Waals surface area contributed by atoms with Crippen molar-refractivity contribution in [1.29, 1.82) is 0 Å². The Labute approximate surface area is 122 Å². The van der Waals surface area contributed by atoms with Gasteiger partial charge < -0.3 is 16.0 Å². The van der Waals surface area contributed by atoms with Crippen LogP contribution in [0.2, 0.25) is 0 Å². The second-order valence-electron chi connectivity index (χ2n) is 5.13. The summed E-state index contributed by atoms with van der Waals surface area (Å²) in [6, 6.07) is 6.36. The molecule has 0 aliphatic rings. The smallest absolute Gasteiger partial charge is 0.236 e. The van der Waals surface area contributed by atoms with E-state index in [4.69, 9.17) is 5.73 Å². The Morgan fingerprint density at radius 1 is 1.35 bits per heavy atom. The summed E-state index contributed by atoms with van der Waals surface area (Å²) in [5.41, 5.74) is 8.97. The molecule has 0 radical (unpaired) electrons. The molecule has 0 bridgehead atoms. The summed E-state index contributed by atoms with van der Waals surface area (Å²) in [4.78, 5) is 13.3. The lowest BCUT2D eigenvalue weighted by atomic mass is 10.1. The quantitative estimate of drug-likeness (QED) is 0.727. The molecular weight excluding hydrogens is 250 g/mol. The molecule has 0 aliphatic heterocycles. The second kappa shape index (κ2) is 8.59. The molecule has 3 N–H and O–H groups in total. The Morgan fingerprint density at radius 2 is 2.10 bits per heavy atom. The number of hydrogen-bond acceptors (Lipinski definition) is 3. The van der Waals surface area contributed by atoms with Crippen LogP contribution in [0.3, 0.4) is 0 Å². The number of rotatable bonds is 9. The Bertz CT molecular complexity index is 432. The van der Waals surface area contributed by atoms with Gasteiger partial charge in [0.1, 0.15) is 0 Å². The van der Waals surface area contributed by atoms with Crippen LogP contribution in [-0.4, -0.2) is 25.5 Å². The fourth-order valence-electron chi connectivity index (χ4n) is 2.17. The van der Waals surface area contributed by atoms with Crippen molar-refractivity contribution in [2.24, 2.45) is 5.73 Å². The number of anilines is 1. The highest BCUT2D eigenvalue weighted by Crippen LogP contribution is 2.19. The van der Waals surface area contributed by atoms with Crippen molar-refractivity contribution >= 4 is 11.6 Å². The third-order valence-corrected chi connectivity index (χ3v) is 3.39. The summed E-state index contributed by atoms with van der Waals surface area (Å²) in [6.07, 6.45) is 2.16. The van der Waals surface area contributed by atoms with E-state index in [1.165, 1.54) is 11.1 Å². The van der Waals surface area contributed by atoms with Gasteiger partial charge >= 0.3 is 0 Å². The van der Waals surface area contributed by atoms with E-state index in [1.807, 2.05) is 0 Å². The van der Waals surface area contributed by atoms with Gasteiger partial charge in [0.2, 0.25) is 5.91 Å². The maximum absolute atomic E-state index is 11.2. The van der Waals surface area contributed by atoms with Gasteiger partial charge in [0.25, 0.3) is 0 Å². The first-order valence-corrected chi connectivity index (χ1v) is 7.42. The highest BCUT2D eigenvalue weighted by Gasteiger charge is 2.10. The first-order valence-electron chi connectivity index (χ1n) is 7.42. The average molecular weight is 277 g/mol. The predicted molar refractivity (Wildman–Crippen MR) is 84.9 cm³/mol. The monoisotopic (exact) mass is 277 g/mol. The number of carbonyl (C=O) groups is 1. The third-order valence-electron chi connectivity index (χ3n) is 3.39. The summed E-state index contributed by atoms with van der Waals surface area (Å²) < 4.78 is 0. The number of nitrogens with zero attached hydrogens (tertiary/aromatic N) is 1. The Kier molecular flexibility index (Phi) is 7.09. The maximum Gasteiger partial charge on any atom is 0.236 e. The molecule has 4 heteroatoms. The molecule has 4 nitrogen and oxygen atoms in total. The van der Waals surface area contributed by atoms with Gasteiger partial charge in [0.15, 0.2) is 0 Å². The number of unbranched alkanes of at least 4 members (excludes halogenated alkanes) is 1. The second-order valence-corrected chi connectivity index (χ2v) is 5.13. The van der Waals surface area contributed by atoms with Crippen molar-refractivity contribution in [1.82, 2.24) is 5.32 Å². The van der Waals surface area contributed by atoms with E-state index in [-0.39, 0.29) is 12.5 Å². The Hall–Kier alpha value is -1.55. The molecule has 0 heterocycles. The SMILES string of the molecule is CCCCN(CC(N)=O)c1ccc(CNCC)c(C)c1.